The molecule has 1 N–H and O–H groups in total. The lowest BCUT2D eigenvalue weighted by atomic mass is 10.3. The van der Waals surface area contributed by atoms with Gasteiger partial charge in [-0.05, 0) is 6.07 Å². The molecule has 78 valence electrons. The molecule has 15 heavy (non-hydrogen) atoms. The molecule has 0 fully saturated rings. The Morgan fingerprint density at radius 2 is 2.20 bits per heavy atom. The second kappa shape index (κ2) is 3.62. The first kappa shape index (κ1) is 10.1. The first-order valence-corrected chi connectivity index (χ1v) is 5.57. The minimum absolute atomic E-state index is 0.0313. The number of rotatable bonds is 1. The van der Waals surface area contributed by atoms with Gasteiger partial charge in [0, 0.05) is 19.9 Å². The highest BCUT2D eigenvalue weighted by molar-refractivity contribution is 7.18. The Labute approximate surface area is 92.4 Å². The van der Waals surface area contributed by atoms with Crippen molar-refractivity contribution in [2.24, 2.45) is 7.05 Å². The molecular formula is C11H13N2OS+. The summed E-state index contributed by atoms with van der Waals surface area (Å²) in [5.41, 5.74) is 2.05. The Morgan fingerprint density at radius 3 is 2.87 bits per heavy atom. The van der Waals surface area contributed by atoms with Crippen LogP contribution in [-0.2, 0) is 11.8 Å². The maximum atomic E-state index is 11.0. The van der Waals surface area contributed by atoms with Crippen molar-refractivity contribution in [1.29, 1.82) is 0 Å². The predicted octanol–water partition coefficient (Wildman–Crippen LogP) is 1.99. The summed E-state index contributed by atoms with van der Waals surface area (Å²) >= 11 is 1.70. The average Bonchev–Trinajstić information content (AvgIpc) is 2.45. The minimum atomic E-state index is -0.0313. The number of carbonyl (C=O) groups excluding carboxylic acids is 1. The number of carbonyl (C=O) groups is 1. The quantitative estimate of drug-likeness (QED) is 0.734. The molecule has 1 amide bonds. The van der Waals surface area contributed by atoms with Crippen LogP contribution in [0.25, 0.3) is 10.2 Å². The molecule has 0 saturated carbocycles. The minimum Gasteiger partial charge on any atom is -0.325 e. The van der Waals surface area contributed by atoms with Gasteiger partial charge in [0.25, 0.3) is 0 Å². The van der Waals surface area contributed by atoms with Crippen molar-refractivity contribution >= 4 is 33.1 Å². The average molecular weight is 221 g/mol. The highest BCUT2D eigenvalue weighted by Gasteiger charge is 2.15. The van der Waals surface area contributed by atoms with Gasteiger partial charge in [-0.3, -0.25) is 4.79 Å². The molecule has 0 unspecified atom stereocenters. The van der Waals surface area contributed by atoms with Gasteiger partial charge in [-0.15, -0.1) is 0 Å². The third kappa shape index (κ3) is 1.72. The van der Waals surface area contributed by atoms with Crippen LogP contribution in [0.1, 0.15) is 11.9 Å². The van der Waals surface area contributed by atoms with E-state index in [0.717, 1.165) is 15.9 Å². The van der Waals surface area contributed by atoms with Crippen LogP contribution >= 0.6 is 11.3 Å². The summed E-state index contributed by atoms with van der Waals surface area (Å²) in [6, 6.07) is 5.95. The fourth-order valence-electron chi connectivity index (χ4n) is 1.57. The van der Waals surface area contributed by atoms with E-state index in [9.17, 15) is 4.79 Å². The van der Waals surface area contributed by atoms with Crippen LogP contribution in [0.5, 0.6) is 0 Å². The number of thiazole rings is 1. The Bertz CT molecular complexity index is 531. The molecule has 0 aliphatic heterocycles. The van der Waals surface area contributed by atoms with Gasteiger partial charge in [0.1, 0.15) is 11.7 Å². The smallest absolute Gasteiger partial charge is 0.235 e. The van der Waals surface area contributed by atoms with Crippen molar-refractivity contribution in [2.45, 2.75) is 13.8 Å². The monoisotopic (exact) mass is 221 g/mol. The third-order valence-corrected chi connectivity index (χ3v) is 3.59. The zero-order chi connectivity index (χ0) is 11.0. The normalized spacial score (nSPS) is 10.6. The molecule has 4 heteroatoms. The summed E-state index contributed by atoms with van der Waals surface area (Å²) in [4.78, 5) is 11.0. The second-order valence-corrected chi connectivity index (χ2v) is 4.72. The number of nitrogens with one attached hydrogen (secondary N) is 1. The van der Waals surface area contributed by atoms with Crippen LogP contribution in [0, 0.1) is 6.92 Å². The molecule has 3 nitrogen and oxygen atoms in total. The Kier molecular flexibility index (Phi) is 2.44. The fraction of sp³-hybridized carbons (Fsp3) is 0.273. The summed E-state index contributed by atoms with van der Waals surface area (Å²) in [5, 5.41) is 4.07. The molecule has 1 aromatic heterocycles. The summed E-state index contributed by atoms with van der Waals surface area (Å²) < 4.78 is 3.26. The molecule has 2 rings (SSSR count). The molecule has 1 aromatic carbocycles. The highest BCUT2D eigenvalue weighted by Crippen LogP contribution is 2.27. The summed E-state index contributed by atoms with van der Waals surface area (Å²) in [6.07, 6.45) is 0. The lowest BCUT2D eigenvalue weighted by Gasteiger charge is -2.00. The van der Waals surface area contributed by atoms with Gasteiger partial charge in [-0.25, -0.2) is 0 Å². The van der Waals surface area contributed by atoms with E-state index in [1.807, 2.05) is 19.2 Å². The van der Waals surface area contributed by atoms with E-state index in [0.29, 0.717) is 0 Å². The number of nitrogens with zero attached hydrogens (tertiary/aromatic N) is 1. The second-order valence-electron chi connectivity index (χ2n) is 3.52. The number of hydrogen-bond acceptors (Lipinski definition) is 2. The number of aryl methyl sites for hydroxylation is 2. The van der Waals surface area contributed by atoms with Crippen LogP contribution in [0.2, 0.25) is 0 Å². The molecular weight excluding hydrogens is 208 g/mol. The van der Waals surface area contributed by atoms with Crippen molar-refractivity contribution in [3.63, 3.8) is 0 Å². The van der Waals surface area contributed by atoms with E-state index >= 15 is 0 Å². The largest absolute Gasteiger partial charge is 0.325 e. The van der Waals surface area contributed by atoms with Crippen LogP contribution in [0.3, 0.4) is 0 Å². The molecule has 0 spiro atoms. The predicted molar refractivity (Wildman–Crippen MR) is 62.0 cm³/mol. The molecule has 0 aliphatic rings. The van der Waals surface area contributed by atoms with Crippen molar-refractivity contribution in [3.05, 3.63) is 23.2 Å². The van der Waals surface area contributed by atoms with E-state index in [1.54, 1.807) is 11.3 Å². The van der Waals surface area contributed by atoms with Gasteiger partial charge in [-0.2, -0.15) is 4.57 Å². The van der Waals surface area contributed by atoms with E-state index in [2.05, 4.69) is 22.9 Å². The van der Waals surface area contributed by atoms with Gasteiger partial charge >= 0.3 is 0 Å². The lowest BCUT2D eigenvalue weighted by molar-refractivity contribution is -0.646. The van der Waals surface area contributed by atoms with Crippen LogP contribution in [0.15, 0.2) is 18.2 Å². The van der Waals surface area contributed by atoms with Crippen LogP contribution in [0.4, 0.5) is 5.69 Å². The zero-order valence-corrected chi connectivity index (χ0v) is 9.81. The Morgan fingerprint density at radius 1 is 1.47 bits per heavy atom. The molecule has 0 bridgehead atoms. The number of fused-ring (bicyclic) bond motifs is 1. The van der Waals surface area contributed by atoms with Crippen molar-refractivity contribution < 1.29 is 9.36 Å². The van der Waals surface area contributed by atoms with Gasteiger partial charge in [-0.1, -0.05) is 17.4 Å². The molecule has 2 aromatic rings. The SMILES string of the molecule is CC(=O)Nc1cccc2c1sc(C)[n+]2C. The first-order valence-electron chi connectivity index (χ1n) is 4.75. The van der Waals surface area contributed by atoms with Gasteiger partial charge in [0.15, 0.2) is 0 Å². The number of amides is 1. The molecule has 0 saturated heterocycles. The number of benzene rings is 1. The molecule has 0 aliphatic carbocycles. The lowest BCUT2D eigenvalue weighted by Crippen LogP contribution is -2.28. The van der Waals surface area contributed by atoms with Gasteiger partial charge in [0.2, 0.25) is 16.4 Å². The first-order chi connectivity index (χ1) is 7.09. The molecule has 0 atom stereocenters. The number of anilines is 1. The van der Waals surface area contributed by atoms with E-state index in [4.69, 9.17) is 0 Å². The molecule has 0 radical (unpaired) electrons. The van der Waals surface area contributed by atoms with E-state index in [1.165, 1.54) is 11.9 Å². The summed E-state index contributed by atoms with van der Waals surface area (Å²) in [5.74, 6) is -0.0313. The Balaban J connectivity index is 2.65. The van der Waals surface area contributed by atoms with Crippen LogP contribution in [-0.4, -0.2) is 5.91 Å². The number of aromatic nitrogens is 1. The maximum absolute atomic E-state index is 11.0. The molecule has 1 heterocycles. The topological polar surface area (TPSA) is 33.0 Å². The maximum Gasteiger partial charge on any atom is 0.235 e. The van der Waals surface area contributed by atoms with Crippen molar-refractivity contribution in [2.75, 3.05) is 5.32 Å². The third-order valence-electron chi connectivity index (χ3n) is 2.39. The van der Waals surface area contributed by atoms with Crippen molar-refractivity contribution in [1.82, 2.24) is 0 Å². The summed E-state index contributed by atoms with van der Waals surface area (Å²) in [7, 11) is 2.03. The Hall–Kier alpha value is -1.42. The van der Waals surface area contributed by atoms with Gasteiger partial charge < -0.3 is 5.32 Å². The number of hydrogen-bond donors (Lipinski definition) is 1. The fourth-order valence-corrected chi connectivity index (χ4v) is 2.64. The highest BCUT2D eigenvalue weighted by atomic mass is 32.1. The van der Waals surface area contributed by atoms with E-state index < -0.39 is 0 Å². The standard InChI is InChI=1S/C11H12N2OS/c1-7(14)12-9-5-4-6-10-11(9)15-8(2)13(10)3/h4-6H,1-3H3/p+1. The summed E-state index contributed by atoms with van der Waals surface area (Å²) in [6.45, 7) is 3.60. The van der Waals surface area contributed by atoms with Crippen LogP contribution < -0.4 is 9.88 Å². The zero-order valence-electron chi connectivity index (χ0n) is 9.00. The van der Waals surface area contributed by atoms with Gasteiger partial charge in [0.05, 0.1) is 5.69 Å². The van der Waals surface area contributed by atoms with Crippen molar-refractivity contribution in [3.8, 4) is 0 Å². The van der Waals surface area contributed by atoms with E-state index in [-0.39, 0.29) is 5.91 Å².